The summed E-state index contributed by atoms with van der Waals surface area (Å²) in [5.74, 6) is 5.31. The van der Waals surface area contributed by atoms with E-state index in [4.69, 9.17) is 10.6 Å². The van der Waals surface area contributed by atoms with Gasteiger partial charge >= 0.3 is 6.36 Å². The molecular weight excluding hydrogens is 301 g/mol. The second kappa shape index (κ2) is 6.58. The van der Waals surface area contributed by atoms with Crippen LogP contribution in [0.3, 0.4) is 0 Å². The van der Waals surface area contributed by atoms with Gasteiger partial charge in [-0.2, -0.15) is 0 Å². The summed E-state index contributed by atoms with van der Waals surface area (Å²) in [6, 6.07) is 5.33. The van der Waals surface area contributed by atoms with Gasteiger partial charge in [-0.1, -0.05) is 0 Å². The van der Waals surface area contributed by atoms with E-state index in [0.29, 0.717) is 22.8 Å². The number of aromatic nitrogens is 2. The third-order valence-corrected chi connectivity index (χ3v) is 2.63. The summed E-state index contributed by atoms with van der Waals surface area (Å²) in [4.78, 5) is 8.40. The number of benzene rings is 1. The molecule has 0 radical (unpaired) electrons. The molecule has 6 nitrogen and oxygen atoms in total. The van der Waals surface area contributed by atoms with Crippen molar-refractivity contribution in [2.45, 2.75) is 13.0 Å². The fourth-order valence-corrected chi connectivity index (χ4v) is 1.79. The Kier molecular flexibility index (Phi) is 4.78. The predicted octanol–water partition coefficient (Wildman–Crippen LogP) is 2.47. The van der Waals surface area contributed by atoms with Crippen LogP contribution in [0.5, 0.6) is 5.75 Å². The molecule has 0 spiro atoms. The van der Waals surface area contributed by atoms with E-state index in [1.165, 1.54) is 37.6 Å². The summed E-state index contributed by atoms with van der Waals surface area (Å²) in [6.45, 7) is 0.179. The summed E-state index contributed by atoms with van der Waals surface area (Å²) in [7, 11) is 1.49. The number of rotatable bonds is 5. The molecule has 2 aromatic rings. The third-order valence-electron chi connectivity index (χ3n) is 2.63. The van der Waals surface area contributed by atoms with Crippen LogP contribution in [-0.2, 0) is 11.3 Å². The molecule has 0 aliphatic carbocycles. The highest BCUT2D eigenvalue weighted by atomic mass is 19.4. The molecule has 2 rings (SSSR count). The molecule has 0 unspecified atom stereocenters. The Labute approximate surface area is 124 Å². The maximum atomic E-state index is 12.1. The number of nitrogens with one attached hydrogen (secondary N) is 1. The SMILES string of the molecule is COCc1nc(NN)cnc1-c1ccc(OC(F)(F)F)cc1. The topological polar surface area (TPSA) is 82.3 Å². The molecule has 0 atom stereocenters. The minimum Gasteiger partial charge on any atom is -0.406 e. The lowest BCUT2D eigenvalue weighted by Crippen LogP contribution is -2.17. The van der Waals surface area contributed by atoms with Crippen molar-refractivity contribution >= 4 is 5.82 Å². The summed E-state index contributed by atoms with van der Waals surface area (Å²) in [6.07, 6.45) is -3.31. The second-order valence-corrected chi connectivity index (χ2v) is 4.20. The van der Waals surface area contributed by atoms with Gasteiger partial charge in [0.1, 0.15) is 5.75 Å². The molecule has 9 heteroatoms. The average molecular weight is 314 g/mol. The van der Waals surface area contributed by atoms with Gasteiger partial charge in [0.2, 0.25) is 0 Å². The number of methoxy groups -OCH3 is 1. The minimum absolute atomic E-state index is 0.179. The summed E-state index contributed by atoms with van der Waals surface area (Å²) < 4.78 is 45.3. The van der Waals surface area contributed by atoms with Gasteiger partial charge in [-0.3, -0.25) is 4.98 Å². The Morgan fingerprint density at radius 1 is 1.23 bits per heavy atom. The van der Waals surface area contributed by atoms with Crippen molar-refractivity contribution in [2.24, 2.45) is 5.84 Å². The molecule has 0 fully saturated rings. The zero-order valence-corrected chi connectivity index (χ0v) is 11.5. The normalized spacial score (nSPS) is 11.3. The maximum Gasteiger partial charge on any atom is 0.573 e. The third kappa shape index (κ3) is 4.06. The van der Waals surface area contributed by atoms with Gasteiger partial charge in [0, 0.05) is 12.7 Å². The monoisotopic (exact) mass is 314 g/mol. The van der Waals surface area contributed by atoms with E-state index in [2.05, 4.69) is 20.1 Å². The number of ether oxygens (including phenoxy) is 2. The van der Waals surface area contributed by atoms with Crippen LogP contribution in [0.25, 0.3) is 11.3 Å². The molecule has 0 bridgehead atoms. The van der Waals surface area contributed by atoms with Crippen LogP contribution in [-0.4, -0.2) is 23.4 Å². The molecule has 118 valence electrons. The molecule has 3 N–H and O–H groups in total. The van der Waals surface area contributed by atoms with Crippen molar-refractivity contribution in [3.05, 3.63) is 36.2 Å². The van der Waals surface area contributed by atoms with Crippen LogP contribution in [0.2, 0.25) is 0 Å². The van der Waals surface area contributed by atoms with E-state index in [1.807, 2.05) is 0 Å². The number of alkyl halides is 3. The van der Waals surface area contributed by atoms with Crippen molar-refractivity contribution in [3.8, 4) is 17.0 Å². The van der Waals surface area contributed by atoms with Gasteiger partial charge in [-0.15, -0.1) is 13.2 Å². The highest BCUT2D eigenvalue weighted by Gasteiger charge is 2.31. The fourth-order valence-electron chi connectivity index (χ4n) is 1.79. The number of hydrazine groups is 1. The lowest BCUT2D eigenvalue weighted by molar-refractivity contribution is -0.274. The molecule has 0 saturated heterocycles. The van der Waals surface area contributed by atoms with E-state index in [-0.39, 0.29) is 12.4 Å². The van der Waals surface area contributed by atoms with Crippen LogP contribution in [0, 0.1) is 0 Å². The Hall–Kier alpha value is -2.39. The molecule has 1 aromatic heterocycles. The first-order valence-electron chi connectivity index (χ1n) is 6.10. The van der Waals surface area contributed by atoms with Gasteiger partial charge in [0.25, 0.3) is 0 Å². The summed E-state index contributed by atoms with van der Waals surface area (Å²) in [5.41, 5.74) is 3.93. The number of nitrogen functional groups attached to an aromatic ring is 1. The number of nitrogens with two attached hydrogens (primary N) is 1. The van der Waals surface area contributed by atoms with Crippen molar-refractivity contribution in [2.75, 3.05) is 12.5 Å². The van der Waals surface area contributed by atoms with Crippen LogP contribution in [0.15, 0.2) is 30.5 Å². The molecule has 0 amide bonds. The lowest BCUT2D eigenvalue weighted by Gasteiger charge is -2.11. The molecule has 22 heavy (non-hydrogen) atoms. The van der Waals surface area contributed by atoms with Crippen LogP contribution < -0.4 is 16.0 Å². The number of anilines is 1. The number of hydrogen-bond donors (Lipinski definition) is 2. The van der Waals surface area contributed by atoms with Crippen molar-refractivity contribution in [1.29, 1.82) is 0 Å². The molecule has 0 aliphatic rings. The molecule has 1 aromatic carbocycles. The smallest absolute Gasteiger partial charge is 0.406 e. The van der Waals surface area contributed by atoms with Gasteiger partial charge < -0.3 is 14.9 Å². The molecule has 0 aliphatic heterocycles. The van der Waals surface area contributed by atoms with Gasteiger partial charge in [-0.25, -0.2) is 10.8 Å². The van der Waals surface area contributed by atoms with Gasteiger partial charge in [0.05, 0.1) is 24.2 Å². The van der Waals surface area contributed by atoms with Crippen LogP contribution in [0.1, 0.15) is 5.69 Å². The Morgan fingerprint density at radius 2 is 1.91 bits per heavy atom. The predicted molar refractivity (Wildman–Crippen MR) is 72.7 cm³/mol. The average Bonchev–Trinajstić information content (AvgIpc) is 2.47. The highest BCUT2D eigenvalue weighted by molar-refractivity contribution is 5.63. The second-order valence-electron chi connectivity index (χ2n) is 4.20. The molecular formula is C13H13F3N4O2. The van der Waals surface area contributed by atoms with Crippen molar-refractivity contribution in [1.82, 2.24) is 9.97 Å². The van der Waals surface area contributed by atoms with Crippen molar-refractivity contribution in [3.63, 3.8) is 0 Å². The minimum atomic E-state index is -4.73. The first kappa shape index (κ1) is 16.0. The summed E-state index contributed by atoms with van der Waals surface area (Å²) >= 11 is 0. The quantitative estimate of drug-likeness (QED) is 0.652. The van der Waals surface area contributed by atoms with E-state index in [9.17, 15) is 13.2 Å². The highest BCUT2D eigenvalue weighted by Crippen LogP contribution is 2.27. The van der Waals surface area contributed by atoms with Crippen LogP contribution in [0.4, 0.5) is 19.0 Å². The van der Waals surface area contributed by atoms with Crippen LogP contribution >= 0.6 is 0 Å². The van der Waals surface area contributed by atoms with Gasteiger partial charge in [0.15, 0.2) is 5.82 Å². The number of halogens is 3. The Balaban J connectivity index is 2.31. The molecule has 0 saturated carbocycles. The Morgan fingerprint density at radius 3 is 2.45 bits per heavy atom. The van der Waals surface area contributed by atoms with Crippen molar-refractivity contribution < 1.29 is 22.6 Å². The maximum absolute atomic E-state index is 12.1. The zero-order valence-electron chi connectivity index (χ0n) is 11.5. The fraction of sp³-hybridized carbons (Fsp3) is 0.231. The lowest BCUT2D eigenvalue weighted by atomic mass is 10.1. The van der Waals surface area contributed by atoms with E-state index < -0.39 is 6.36 Å². The van der Waals surface area contributed by atoms with E-state index in [1.54, 1.807) is 0 Å². The standard InChI is InChI=1S/C13H13F3N4O2/c1-21-7-10-12(18-6-11(19-10)20-17)8-2-4-9(5-3-8)22-13(14,15)16/h2-6H,7,17H2,1H3,(H,19,20). The first-order valence-corrected chi connectivity index (χ1v) is 6.10. The molecule has 1 heterocycles. The Bertz CT molecular complexity index is 632. The van der Waals surface area contributed by atoms with E-state index in [0.717, 1.165) is 0 Å². The largest absolute Gasteiger partial charge is 0.573 e. The number of nitrogens with zero attached hydrogens (tertiary/aromatic N) is 2. The first-order chi connectivity index (χ1) is 10.4. The zero-order chi connectivity index (χ0) is 16.2. The number of hydrogen-bond acceptors (Lipinski definition) is 6. The van der Waals surface area contributed by atoms with E-state index >= 15 is 0 Å². The van der Waals surface area contributed by atoms with Gasteiger partial charge in [-0.05, 0) is 24.3 Å². The summed E-state index contributed by atoms with van der Waals surface area (Å²) in [5, 5.41) is 0.